The van der Waals surface area contributed by atoms with Crippen molar-refractivity contribution in [3.8, 4) is 0 Å². The van der Waals surface area contributed by atoms with Crippen molar-refractivity contribution in [1.82, 2.24) is 0 Å². The Labute approximate surface area is 62.9 Å². The lowest BCUT2D eigenvalue weighted by Gasteiger charge is -1.93. The molecule has 0 heterocycles. The molecule has 0 aromatic rings. The SMILES string of the molecule is C=C/C(C)=C(/F)C(=C)Br. The number of allylic oxidation sites excluding steroid dienone is 4. The Morgan fingerprint density at radius 1 is 1.67 bits per heavy atom. The second kappa shape index (κ2) is 3.62. The lowest BCUT2D eigenvalue weighted by molar-refractivity contribution is 0.656. The molecule has 0 aromatic carbocycles. The molecule has 0 fully saturated rings. The highest BCUT2D eigenvalue weighted by atomic mass is 79.9. The molecule has 0 nitrogen and oxygen atoms in total. The van der Waals surface area contributed by atoms with E-state index in [4.69, 9.17) is 0 Å². The lowest BCUT2D eigenvalue weighted by Crippen LogP contribution is -1.75. The fraction of sp³-hybridized carbons (Fsp3) is 0.143. The number of hydrogen-bond acceptors (Lipinski definition) is 0. The Hall–Kier alpha value is -0.370. The van der Waals surface area contributed by atoms with Crippen LogP contribution in [0.1, 0.15) is 6.92 Å². The summed E-state index contributed by atoms with van der Waals surface area (Å²) in [6.45, 7) is 8.40. The van der Waals surface area contributed by atoms with Gasteiger partial charge in [-0.25, -0.2) is 4.39 Å². The summed E-state index contributed by atoms with van der Waals surface area (Å²) in [5, 5.41) is 0. The number of hydrogen-bond donors (Lipinski definition) is 0. The van der Waals surface area contributed by atoms with Gasteiger partial charge in [0.1, 0.15) is 5.83 Å². The summed E-state index contributed by atoms with van der Waals surface area (Å²) in [5.41, 5.74) is 0.497. The molecule has 0 unspecified atom stereocenters. The monoisotopic (exact) mass is 190 g/mol. The van der Waals surface area contributed by atoms with Crippen LogP contribution in [0.5, 0.6) is 0 Å². The highest BCUT2D eigenvalue weighted by Crippen LogP contribution is 2.19. The number of halogens is 2. The molecule has 0 radical (unpaired) electrons. The predicted molar refractivity (Wildman–Crippen MR) is 42.1 cm³/mol. The van der Waals surface area contributed by atoms with Gasteiger partial charge in [0.25, 0.3) is 0 Å². The Bertz CT molecular complexity index is 168. The molecular formula is C7H8BrF. The normalized spacial score (nSPS) is 12.3. The molecule has 0 atom stereocenters. The van der Waals surface area contributed by atoms with E-state index in [2.05, 4.69) is 29.1 Å². The fourth-order valence-corrected chi connectivity index (χ4v) is 0.616. The van der Waals surface area contributed by atoms with Crippen LogP contribution in [0.25, 0.3) is 0 Å². The van der Waals surface area contributed by atoms with Crippen LogP contribution in [0.3, 0.4) is 0 Å². The van der Waals surface area contributed by atoms with Crippen LogP contribution in [0, 0.1) is 0 Å². The molecule has 0 saturated heterocycles. The van der Waals surface area contributed by atoms with Gasteiger partial charge in [0, 0.05) is 4.48 Å². The average Bonchev–Trinajstić information content (AvgIpc) is 1.84. The first-order valence-corrected chi connectivity index (χ1v) is 3.22. The summed E-state index contributed by atoms with van der Waals surface area (Å²) in [6.07, 6.45) is 1.45. The molecule has 50 valence electrons. The highest BCUT2D eigenvalue weighted by molar-refractivity contribution is 9.11. The summed E-state index contributed by atoms with van der Waals surface area (Å²) in [5.74, 6) is -0.343. The van der Waals surface area contributed by atoms with E-state index < -0.39 is 0 Å². The van der Waals surface area contributed by atoms with Crippen molar-refractivity contribution in [3.05, 3.63) is 35.1 Å². The van der Waals surface area contributed by atoms with Crippen molar-refractivity contribution in [2.24, 2.45) is 0 Å². The Morgan fingerprint density at radius 2 is 2.11 bits per heavy atom. The molecule has 9 heavy (non-hydrogen) atoms. The zero-order chi connectivity index (χ0) is 7.44. The van der Waals surface area contributed by atoms with Crippen LogP contribution in [0.4, 0.5) is 4.39 Å². The minimum atomic E-state index is -0.343. The molecular weight excluding hydrogens is 183 g/mol. The third-order valence-electron chi connectivity index (χ3n) is 0.891. The van der Waals surface area contributed by atoms with E-state index in [9.17, 15) is 4.39 Å². The molecule has 0 saturated carbocycles. The van der Waals surface area contributed by atoms with Gasteiger partial charge in [-0.15, -0.1) is 0 Å². The Morgan fingerprint density at radius 3 is 2.22 bits per heavy atom. The predicted octanol–water partition coefficient (Wildman–Crippen LogP) is 3.32. The lowest BCUT2D eigenvalue weighted by atomic mass is 10.2. The maximum Gasteiger partial charge on any atom is 0.139 e. The summed E-state index contributed by atoms with van der Waals surface area (Å²) in [4.78, 5) is 0. The van der Waals surface area contributed by atoms with Gasteiger partial charge in [-0.1, -0.05) is 19.2 Å². The van der Waals surface area contributed by atoms with Crippen molar-refractivity contribution in [2.75, 3.05) is 0 Å². The van der Waals surface area contributed by atoms with E-state index in [1.54, 1.807) is 6.92 Å². The van der Waals surface area contributed by atoms with Gasteiger partial charge in [-0.3, -0.25) is 0 Å². The number of rotatable bonds is 2. The van der Waals surface area contributed by atoms with Crippen molar-refractivity contribution >= 4 is 15.9 Å². The van der Waals surface area contributed by atoms with Gasteiger partial charge in [-0.05, 0) is 28.4 Å². The zero-order valence-corrected chi connectivity index (χ0v) is 6.83. The van der Waals surface area contributed by atoms with E-state index >= 15 is 0 Å². The molecule has 0 N–H and O–H groups in total. The molecule has 2 heteroatoms. The molecule has 0 aromatic heterocycles. The third kappa shape index (κ3) is 2.61. The van der Waals surface area contributed by atoms with Crippen LogP contribution < -0.4 is 0 Å². The van der Waals surface area contributed by atoms with Gasteiger partial charge in [0.2, 0.25) is 0 Å². The van der Waals surface area contributed by atoms with Gasteiger partial charge >= 0.3 is 0 Å². The first-order valence-electron chi connectivity index (χ1n) is 2.43. The van der Waals surface area contributed by atoms with Crippen molar-refractivity contribution in [1.29, 1.82) is 0 Å². The third-order valence-corrected chi connectivity index (χ3v) is 1.24. The van der Waals surface area contributed by atoms with E-state index in [0.717, 1.165) is 0 Å². The Kier molecular flexibility index (Phi) is 3.47. The second-order valence-electron chi connectivity index (χ2n) is 1.61. The van der Waals surface area contributed by atoms with Gasteiger partial charge < -0.3 is 0 Å². The van der Waals surface area contributed by atoms with Gasteiger partial charge in [-0.2, -0.15) is 0 Å². The van der Waals surface area contributed by atoms with Crippen molar-refractivity contribution in [3.63, 3.8) is 0 Å². The summed E-state index contributed by atoms with van der Waals surface area (Å²) >= 11 is 2.91. The van der Waals surface area contributed by atoms with Crippen LogP contribution in [0.15, 0.2) is 35.1 Å². The van der Waals surface area contributed by atoms with E-state index in [0.29, 0.717) is 5.57 Å². The summed E-state index contributed by atoms with van der Waals surface area (Å²) in [6, 6.07) is 0. The first-order chi connectivity index (χ1) is 4.09. The highest BCUT2D eigenvalue weighted by Gasteiger charge is 1.98. The largest absolute Gasteiger partial charge is 0.205 e. The molecule has 0 aliphatic rings. The van der Waals surface area contributed by atoms with Crippen LogP contribution >= 0.6 is 15.9 Å². The quantitative estimate of drug-likeness (QED) is 0.587. The van der Waals surface area contributed by atoms with Gasteiger partial charge in [0.05, 0.1) is 0 Å². The standard InChI is InChI=1S/C7H8BrF/c1-4-5(2)7(9)6(3)8/h4H,1,3H2,2H3/b7-5+. The molecule has 0 amide bonds. The topological polar surface area (TPSA) is 0 Å². The molecule has 0 bridgehead atoms. The fourth-order valence-electron chi connectivity index (χ4n) is 0.304. The molecule has 0 rings (SSSR count). The minimum Gasteiger partial charge on any atom is -0.205 e. The smallest absolute Gasteiger partial charge is 0.139 e. The van der Waals surface area contributed by atoms with Gasteiger partial charge in [0.15, 0.2) is 0 Å². The second-order valence-corrected chi connectivity index (χ2v) is 2.56. The maximum atomic E-state index is 12.6. The van der Waals surface area contributed by atoms with Crippen molar-refractivity contribution in [2.45, 2.75) is 6.92 Å². The van der Waals surface area contributed by atoms with Crippen LogP contribution in [-0.2, 0) is 0 Å². The molecule has 0 spiro atoms. The zero-order valence-electron chi connectivity index (χ0n) is 5.25. The van der Waals surface area contributed by atoms with E-state index in [-0.39, 0.29) is 10.3 Å². The molecule has 0 aliphatic carbocycles. The minimum absolute atomic E-state index is 0.264. The van der Waals surface area contributed by atoms with Crippen LogP contribution in [-0.4, -0.2) is 0 Å². The van der Waals surface area contributed by atoms with Crippen molar-refractivity contribution < 1.29 is 4.39 Å². The average molecular weight is 191 g/mol. The van der Waals surface area contributed by atoms with E-state index in [1.807, 2.05) is 0 Å². The molecule has 0 aliphatic heterocycles. The Balaban J connectivity index is 4.47. The van der Waals surface area contributed by atoms with Crippen LogP contribution in [0.2, 0.25) is 0 Å². The summed E-state index contributed by atoms with van der Waals surface area (Å²) < 4.78 is 12.8. The first kappa shape index (κ1) is 8.63. The summed E-state index contributed by atoms with van der Waals surface area (Å²) in [7, 11) is 0. The van der Waals surface area contributed by atoms with E-state index in [1.165, 1.54) is 6.08 Å². The maximum absolute atomic E-state index is 12.6.